The molecular weight excluding hydrogens is 460 g/mol. The largest absolute Gasteiger partial charge is 0.492 e. The summed E-state index contributed by atoms with van der Waals surface area (Å²) >= 11 is 0. The number of rotatable bonds is 13. The first-order valence-electron chi connectivity index (χ1n) is 11.2. The molecule has 0 amide bonds. The highest BCUT2D eigenvalue weighted by molar-refractivity contribution is 7.85. The molecule has 0 spiro atoms. The van der Waals surface area contributed by atoms with E-state index >= 15 is 0 Å². The van der Waals surface area contributed by atoms with Crippen LogP contribution in [0.2, 0.25) is 0 Å². The second kappa shape index (κ2) is 11.9. The molecule has 0 N–H and O–H groups in total. The molecule has 9 heteroatoms. The second-order valence-electron chi connectivity index (χ2n) is 8.61. The van der Waals surface area contributed by atoms with Crippen LogP contribution in [-0.4, -0.2) is 55.7 Å². The Hall–Kier alpha value is -2.33. The Balaban J connectivity index is 1.83. The van der Waals surface area contributed by atoms with E-state index < -0.39 is 10.1 Å². The van der Waals surface area contributed by atoms with Gasteiger partial charge in [-0.1, -0.05) is 31.5 Å². The van der Waals surface area contributed by atoms with Gasteiger partial charge >= 0.3 is 0 Å². The fourth-order valence-corrected chi connectivity index (χ4v) is 4.71. The average Bonchev–Trinajstić information content (AvgIpc) is 2.82. The Kier molecular flexibility index (Phi) is 9.18. The molecule has 0 radical (unpaired) electrons. The van der Waals surface area contributed by atoms with Crippen molar-refractivity contribution in [2.24, 2.45) is 0 Å². The second-order valence-corrected chi connectivity index (χ2v) is 10.3. The average molecular weight is 495 g/mol. The summed E-state index contributed by atoms with van der Waals surface area (Å²) in [6.07, 6.45) is 3.38. The van der Waals surface area contributed by atoms with E-state index in [0.29, 0.717) is 18.8 Å². The molecular formula is C25H34O8S. The highest BCUT2D eigenvalue weighted by atomic mass is 32.2. The van der Waals surface area contributed by atoms with Crippen molar-refractivity contribution in [2.45, 2.75) is 37.5 Å². The van der Waals surface area contributed by atoms with Crippen LogP contribution in [0.5, 0.6) is 17.2 Å². The van der Waals surface area contributed by atoms with Gasteiger partial charge in [0.05, 0.1) is 19.5 Å². The van der Waals surface area contributed by atoms with Crippen molar-refractivity contribution in [1.82, 2.24) is 0 Å². The van der Waals surface area contributed by atoms with E-state index in [1.54, 1.807) is 14.2 Å². The van der Waals surface area contributed by atoms with Gasteiger partial charge < -0.3 is 23.7 Å². The van der Waals surface area contributed by atoms with Crippen molar-refractivity contribution < 1.29 is 36.3 Å². The van der Waals surface area contributed by atoms with Crippen molar-refractivity contribution in [3.05, 3.63) is 53.6 Å². The quantitative estimate of drug-likeness (QED) is 0.232. The van der Waals surface area contributed by atoms with Gasteiger partial charge in [0.1, 0.15) is 17.2 Å². The molecule has 1 aliphatic heterocycles. The topological polar surface area (TPSA) is 89.5 Å². The normalized spacial score (nSPS) is 19.8. The van der Waals surface area contributed by atoms with Crippen LogP contribution in [0.1, 0.15) is 43.2 Å². The smallest absolute Gasteiger partial charge is 0.264 e. The summed E-state index contributed by atoms with van der Waals surface area (Å²) in [6, 6.07) is 13.9. The van der Waals surface area contributed by atoms with Crippen LogP contribution < -0.4 is 14.2 Å². The first-order chi connectivity index (χ1) is 16.3. The number of methoxy groups -OCH3 is 2. The summed E-state index contributed by atoms with van der Waals surface area (Å²) in [4.78, 5) is 0. The highest BCUT2D eigenvalue weighted by Crippen LogP contribution is 2.49. The van der Waals surface area contributed by atoms with Gasteiger partial charge in [-0.15, -0.1) is 0 Å². The van der Waals surface area contributed by atoms with Crippen LogP contribution in [0.15, 0.2) is 42.5 Å². The highest BCUT2D eigenvalue weighted by Gasteiger charge is 2.42. The van der Waals surface area contributed by atoms with Crippen molar-refractivity contribution in [2.75, 3.05) is 47.3 Å². The molecule has 0 fully saturated rings. The maximum absolute atomic E-state index is 11.3. The molecule has 2 aromatic rings. The van der Waals surface area contributed by atoms with Gasteiger partial charge in [-0.2, -0.15) is 8.42 Å². The molecule has 0 saturated carbocycles. The summed E-state index contributed by atoms with van der Waals surface area (Å²) in [5.74, 6) is 2.37. The molecule has 0 saturated heterocycles. The van der Waals surface area contributed by atoms with Gasteiger partial charge in [0.2, 0.25) is 0 Å². The molecule has 0 bridgehead atoms. The molecule has 0 aromatic heterocycles. The molecule has 3 rings (SSSR count). The third-order valence-electron chi connectivity index (χ3n) is 6.04. The van der Waals surface area contributed by atoms with Crippen LogP contribution in [-0.2, 0) is 29.2 Å². The predicted molar refractivity (Wildman–Crippen MR) is 128 cm³/mol. The zero-order valence-electron chi connectivity index (χ0n) is 20.2. The van der Waals surface area contributed by atoms with Crippen LogP contribution in [0.4, 0.5) is 0 Å². The number of hydrogen-bond acceptors (Lipinski definition) is 8. The first-order valence-corrected chi connectivity index (χ1v) is 13.0. The van der Waals surface area contributed by atoms with Gasteiger partial charge in [0.25, 0.3) is 10.1 Å². The summed E-state index contributed by atoms with van der Waals surface area (Å²) in [6.45, 7) is 3.24. The molecule has 1 heterocycles. The van der Waals surface area contributed by atoms with Gasteiger partial charge in [0, 0.05) is 31.6 Å². The van der Waals surface area contributed by atoms with Gasteiger partial charge in [-0.05, 0) is 42.2 Å². The lowest BCUT2D eigenvalue weighted by atomic mass is 9.66. The van der Waals surface area contributed by atoms with E-state index in [4.69, 9.17) is 27.9 Å². The van der Waals surface area contributed by atoms with Crippen LogP contribution >= 0.6 is 0 Å². The lowest BCUT2D eigenvalue weighted by Gasteiger charge is -2.43. The molecule has 188 valence electrons. The molecule has 2 atom stereocenters. The van der Waals surface area contributed by atoms with E-state index in [0.717, 1.165) is 41.7 Å². The van der Waals surface area contributed by atoms with Crippen LogP contribution in [0, 0.1) is 0 Å². The fourth-order valence-electron chi connectivity index (χ4n) is 4.29. The zero-order valence-corrected chi connectivity index (χ0v) is 21.1. The number of hydrogen-bond donors (Lipinski definition) is 0. The minimum Gasteiger partial charge on any atom is -0.492 e. The standard InChI is InChI=1S/C25H34O8S/c1-25(19-8-10-20(11-9-19)31-17-28-2)16-30-24-15-21(32-18-29-3)12-13-22(24)23(25)7-5-6-14-33-34(4,26)27/h8-13,15,23H,5-7,14,16-18H2,1-4H3/t23-,25-/m1/s1. The van der Waals surface area contributed by atoms with E-state index in [2.05, 4.69) is 19.1 Å². The zero-order chi connectivity index (χ0) is 24.6. The van der Waals surface area contributed by atoms with Crippen LogP contribution in [0.3, 0.4) is 0 Å². The monoisotopic (exact) mass is 494 g/mol. The Morgan fingerprint density at radius 1 is 0.971 bits per heavy atom. The van der Waals surface area contributed by atoms with Crippen molar-refractivity contribution in [3.63, 3.8) is 0 Å². The van der Waals surface area contributed by atoms with E-state index in [1.807, 2.05) is 30.3 Å². The van der Waals surface area contributed by atoms with Gasteiger partial charge in [-0.25, -0.2) is 0 Å². The lowest BCUT2D eigenvalue weighted by molar-refractivity contribution is 0.0505. The number of fused-ring (bicyclic) bond motifs is 1. The lowest BCUT2D eigenvalue weighted by Crippen LogP contribution is -2.40. The minimum absolute atomic E-state index is 0.150. The molecule has 2 aromatic carbocycles. The Morgan fingerprint density at radius 2 is 1.62 bits per heavy atom. The third kappa shape index (κ3) is 6.85. The van der Waals surface area contributed by atoms with Crippen molar-refractivity contribution >= 4 is 10.1 Å². The predicted octanol–water partition coefficient (Wildman–Crippen LogP) is 4.23. The molecule has 0 unspecified atom stereocenters. The molecule has 0 aliphatic carbocycles. The number of unbranched alkanes of at least 4 members (excludes halogenated alkanes) is 1. The van der Waals surface area contributed by atoms with Crippen molar-refractivity contribution in [3.8, 4) is 17.2 Å². The third-order valence-corrected chi connectivity index (χ3v) is 6.64. The minimum atomic E-state index is -3.43. The summed E-state index contributed by atoms with van der Waals surface area (Å²) in [5, 5.41) is 0. The molecule has 8 nitrogen and oxygen atoms in total. The summed E-state index contributed by atoms with van der Waals surface area (Å²) in [5.41, 5.74) is 1.95. The Bertz CT molecular complexity index is 1020. The molecule has 34 heavy (non-hydrogen) atoms. The van der Waals surface area contributed by atoms with E-state index in [-0.39, 0.29) is 31.5 Å². The SMILES string of the molecule is COCOc1ccc([C@@]2(C)COc3cc(OCOC)ccc3[C@H]2CCCCOS(C)(=O)=O)cc1. The number of benzene rings is 2. The van der Waals surface area contributed by atoms with Gasteiger partial charge in [0.15, 0.2) is 13.6 Å². The maximum Gasteiger partial charge on any atom is 0.264 e. The van der Waals surface area contributed by atoms with E-state index in [9.17, 15) is 8.42 Å². The Labute approximate surface area is 202 Å². The van der Waals surface area contributed by atoms with E-state index in [1.165, 1.54) is 0 Å². The molecule has 1 aliphatic rings. The maximum atomic E-state index is 11.3. The first kappa shape index (κ1) is 26.3. The summed E-state index contributed by atoms with van der Waals surface area (Å²) in [7, 11) is -0.267. The Morgan fingerprint density at radius 3 is 2.26 bits per heavy atom. The fraction of sp³-hybridized carbons (Fsp3) is 0.520. The summed E-state index contributed by atoms with van der Waals surface area (Å²) < 4.78 is 54.8. The van der Waals surface area contributed by atoms with Gasteiger partial charge in [-0.3, -0.25) is 4.18 Å². The van der Waals surface area contributed by atoms with Crippen molar-refractivity contribution in [1.29, 1.82) is 0 Å². The number of ether oxygens (including phenoxy) is 5. The van der Waals surface area contributed by atoms with Crippen LogP contribution in [0.25, 0.3) is 0 Å².